The van der Waals surface area contributed by atoms with Crippen LogP contribution in [0.1, 0.15) is 0 Å². The molecule has 0 aliphatic rings. The summed E-state index contributed by atoms with van der Waals surface area (Å²) in [6.45, 7) is 0. The second-order valence-electron chi connectivity index (χ2n) is 3.20. The van der Waals surface area contributed by atoms with Crippen LogP contribution in [0, 0.1) is 5.82 Å². The Bertz CT molecular complexity index is 516. The summed E-state index contributed by atoms with van der Waals surface area (Å²) in [5, 5.41) is 3.04. The van der Waals surface area contributed by atoms with Gasteiger partial charge in [-0.05, 0) is 46.3 Å². The van der Waals surface area contributed by atoms with E-state index in [9.17, 15) is 4.39 Å². The molecule has 1 heterocycles. The van der Waals surface area contributed by atoms with Gasteiger partial charge in [0.1, 0.15) is 17.5 Å². The largest absolute Gasteiger partial charge is 0.384 e. The van der Waals surface area contributed by atoms with E-state index in [1.54, 1.807) is 24.3 Å². The standard InChI is InChI=1S/C11H9BrFN3/c12-8-6-7(13)4-5-9(8)15-11-3-1-2-10(14)16-11/h1-6H,(H3,14,15,16). The summed E-state index contributed by atoms with van der Waals surface area (Å²) in [6.07, 6.45) is 0. The number of rotatable bonds is 2. The van der Waals surface area contributed by atoms with Crippen LogP contribution in [0.3, 0.4) is 0 Å². The number of nitrogens with zero attached hydrogens (tertiary/aromatic N) is 1. The smallest absolute Gasteiger partial charge is 0.132 e. The van der Waals surface area contributed by atoms with E-state index in [1.165, 1.54) is 12.1 Å². The SMILES string of the molecule is Nc1cccc(Nc2ccc(F)cc2Br)n1. The molecular formula is C11H9BrFN3. The molecule has 3 nitrogen and oxygen atoms in total. The van der Waals surface area contributed by atoms with E-state index < -0.39 is 0 Å². The van der Waals surface area contributed by atoms with Gasteiger partial charge in [0, 0.05) is 4.47 Å². The Labute approximate surface area is 101 Å². The molecule has 0 spiro atoms. The molecule has 1 aromatic heterocycles. The van der Waals surface area contributed by atoms with E-state index in [1.807, 2.05) is 0 Å². The van der Waals surface area contributed by atoms with Crippen molar-refractivity contribution in [3.8, 4) is 0 Å². The monoisotopic (exact) mass is 281 g/mol. The van der Waals surface area contributed by atoms with Gasteiger partial charge in [0.25, 0.3) is 0 Å². The fraction of sp³-hybridized carbons (Fsp3) is 0. The van der Waals surface area contributed by atoms with Gasteiger partial charge in [-0.2, -0.15) is 0 Å². The molecule has 0 radical (unpaired) electrons. The molecule has 3 N–H and O–H groups in total. The third-order valence-electron chi connectivity index (χ3n) is 1.96. The quantitative estimate of drug-likeness (QED) is 0.888. The maximum absolute atomic E-state index is 12.9. The number of aromatic nitrogens is 1. The first-order valence-corrected chi connectivity index (χ1v) is 5.39. The van der Waals surface area contributed by atoms with E-state index in [4.69, 9.17) is 5.73 Å². The van der Waals surface area contributed by atoms with Crippen LogP contribution < -0.4 is 11.1 Å². The van der Waals surface area contributed by atoms with Gasteiger partial charge in [0.2, 0.25) is 0 Å². The predicted molar refractivity (Wildman–Crippen MR) is 66.0 cm³/mol. The van der Waals surface area contributed by atoms with Crippen LogP contribution >= 0.6 is 15.9 Å². The molecule has 0 atom stereocenters. The number of hydrogen-bond acceptors (Lipinski definition) is 3. The number of hydrogen-bond donors (Lipinski definition) is 2. The van der Waals surface area contributed by atoms with Crippen molar-refractivity contribution in [2.45, 2.75) is 0 Å². The molecule has 0 aliphatic carbocycles. The minimum absolute atomic E-state index is 0.294. The molecule has 1 aromatic carbocycles. The Morgan fingerprint density at radius 3 is 2.75 bits per heavy atom. The highest BCUT2D eigenvalue weighted by Gasteiger charge is 2.02. The first-order chi connectivity index (χ1) is 7.65. The van der Waals surface area contributed by atoms with Crippen LogP contribution in [-0.4, -0.2) is 4.98 Å². The zero-order valence-electron chi connectivity index (χ0n) is 8.24. The Morgan fingerprint density at radius 1 is 1.25 bits per heavy atom. The second kappa shape index (κ2) is 4.49. The van der Waals surface area contributed by atoms with Gasteiger partial charge in [-0.15, -0.1) is 0 Å². The Hall–Kier alpha value is -1.62. The lowest BCUT2D eigenvalue weighted by molar-refractivity contribution is 0.627. The van der Waals surface area contributed by atoms with Crippen molar-refractivity contribution < 1.29 is 4.39 Å². The van der Waals surface area contributed by atoms with Crippen LogP contribution in [0.4, 0.5) is 21.7 Å². The summed E-state index contributed by atoms with van der Waals surface area (Å²) in [4.78, 5) is 4.08. The van der Waals surface area contributed by atoms with Crippen molar-refractivity contribution in [2.75, 3.05) is 11.1 Å². The molecule has 2 rings (SSSR count). The first kappa shape index (κ1) is 10.9. The lowest BCUT2D eigenvalue weighted by atomic mass is 10.3. The van der Waals surface area contributed by atoms with E-state index in [0.717, 1.165) is 5.69 Å². The summed E-state index contributed by atoms with van der Waals surface area (Å²) < 4.78 is 13.5. The Morgan fingerprint density at radius 2 is 2.06 bits per heavy atom. The summed E-state index contributed by atoms with van der Waals surface area (Å²) in [5.74, 6) is 0.758. The minimum atomic E-state index is -0.294. The maximum Gasteiger partial charge on any atom is 0.132 e. The van der Waals surface area contributed by atoms with E-state index in [-0.39, 0.29) is 5.82 Å². The Kier molecular flexibility index (Phi) is 3.05. The Balaban J connectivity index is 2.27. The average Bonchev–Trinajstić information content (AvgIpc) is 2.22. The summed E-state index contributed by atoms with van der Waals surface area (Å²) in [6, 6.07) is 9.66. The maximum atomic E-state index is 12.9. The third-order valence-corrected chi connectivity index (χ3v) is 2.62. The molecule has 0 fully saturated rings. The fourth-order valence-corrected chi connectivity index (χ4v) is 1.70. The van der Waals surface area contributed by atoms with Crippen LogP contribution in [0.5, 0.6) is 0 Å². The van der Waals surface area contributed by atoms with Crippen molar-refractivity contribution in [2.24, 2.45) is 0 Å². The zero-order chi connectivity index (χ0) is 11.5. The molecule has 16 heavy (non-hydrogen) atoms. The number of halogens is 2. The van der Waals surface area contributed by atoms with Gasteiger partial charge in [0.05, 0.1) is 5.69 Å². The topological polar surface area (TPSA) is 50.9 Å². The fourth-order valence-electron chi connectivity index (χ4n) is 1.25. The van der Waals surface area contributed by atoms with Gasteiger partial charge in [-0.25, -0.2) is 9.37 Å². The van der Waals surface area contributed by atoms with E-state index >= 15 is 0 Å². The highest BCUT2D eigenvalue weighted by molar-refractivity contribution is 9.10. The first-order valence-electron chi connectivity index (χ1n) is 4.60. The van der Waals surface area contributed by atoms with Gasteiger partial charge < -0.3 is 11.1 Å². The van der Waals surface area contributed by atoms with E-state index in [0.29, 0.717) is 16.1 Å². The molecule has 0 saturated heterocycles. The summed E-state index contributed by atoms with van der Waals surface area (Å²) in [7, 11) is 0. The van der Waals surface area contributed by atoms with Crippen molar-refractivity contribution in [3.05, 3.63) is 46.7 Å². The highest BCUT2D eigenvalue weighted by atomic mass is 79.9. The molecule has 0 unspecified atom stereocenters. The molecular weight excluding hydrogens is 273 g/mol. The van der Waals surface area contributed by atoms with Gasteiger partial charge in [-0.1, -0.05) is 6.07 Å². The third kappa shape index (κ3) is 2.49. The second-order valence-corrected chi connectivity index (χ2v) is 4.05. The van der Waals surface area contributed by atoms with Crippen molar-refractivity contribution in [1.29, 1.82) is 0 Å². The van der Waals surface area contributed by atoms with E-state index in [2.05, 4.69) is 26.2 Å². The zero-order valence-corrected chi connectivity index (χ0v) is 9.83. The summed E-state index contributed by atoms with van der Waals surface area (Å²) in [5.41, 5.74) is 6.29. The number of nitrogen functional groups attached to an aromatic ring is 1. The molecule has 0 amide bonds. The van der Waals surface area contributed by atoms with Crippen LogP contribution in [0.15, 0.2) is 40.9 Å². The number of nitrogens with one attached hydrogen (secondary N) is 1. The molecule has 82 valence electrons. The van der Waals surface area contributed by atoms with Crippen LogP contribution in [0.25, 0.3) is 0 Å². The van der Waals surface area contributed by atoms with Crippen molar-refractivity contribution in [3.63, 3.8) is 0 Å². The van der Waals surface area contributed by atoms with Gasteiger partial charge >= 0.3 is 0 Å². The molecule has 0 bridgehead atoms. The van der Waals surface area contributed by atoms with Crippen molar-refractivity contribution in [1.82, 2.24) is 4.98 Å². The van der Waals surface area contributed by atoms with Crippen molar-refractivity contribution >= 4 is 33.3 Å². The predicted octanol–water partition coefficient (Wildman–Crippen LogP) is 3.31. The minimum Gasteiger partial charge on any atom is -0.384 e. The number of pyridine rings is 1. The van der Waals surface area contributed by atoms with Gasteiger partial charge in [-0.3, -0.25) is 0 Å². The summed E-state index contributed by atoms with van der Waals surface area (Å²) >= 11 is 3.26. The van der Waals surface area contributed by atoms with Crippen LogP contribution in [0.2, 0.25) is 0 Å². The number of benzene rings is 1. The normalized spacial score (nSPS) is 10.1. The van der Waals surface area contributed by atoms with Crippen LogP contribution in [-0.2, 0) is 0 Å². The number of nitrogens with two attached hydrogens (primary N) is 1. The number of anilines is 3. The molecule has 2 aromatic rings. The molecule has 5 heteroatoms. The lowest BCUT2D eigenvalue weighted by Crippen LogP contribution is -1.97. The lowest BCUT2D eigenvalue weighted by Gasteiger charge is -2.07. The average molecular weight is 282 g/mol. The molecule has 0 saturated carbocycles. The molecule has 0 aliphatic heterocycles. The van der Waals surface area contributed by atoms with Gasteiger partial charge in [0.15, 0.2) is 0 Å². The highest BCUT2D eigenvalue weighted by Crippen LogP contribution is 2.25.